The van der Waals surface area contributed by atoms with Crippen molar-refractivity contribution in [1.29, 1.82) is 0 Å². The number of aromatic amines is 1. The van der Waals surface area contributed by atoms with Gasteiger partial charge in [-0.3, -0.25) is 9.69 Å². The Bertz CT molecular complexity index is 723. The fourth-order valence-corrected chi connectivity index (χ4v) is 3.77. The second kappa shape index (κ2) is 6.95. The predicted molar refractivity (Wildman–Crippen MR) is 92.0 cm³/mol. The number of hydrogen-bond donors (Lipinski definition) is 1. The van der Waals surface area contributed by atoms with Crippen molar-refractivity contribution >= 4 is 5.91 Å². The molecule has 8 heteroatoms. The van der Waals surface area contributed by atoms with E-state index in [1.165, 1.54) is 25.9 Å². The van der Waals surface area contributed by atoms with E-state index < -0.39 is 0 Å². The van der Waals surface area contributed by atoms with E-state index in [4.69, 9.17) is 0 Å². The molecule has 2 saturated heterocycles. The summed E-state index contributed by atoms with van der Waals surface area (Å²) >= 11 is 0. The number of piperidine rings is 1. The molecule has 0 atom stereocenters. The van der Waals surface area contributed by atoms with Gasteiger partial charge in [0.1, 0.15) is 11.5 Å². The molecule has 2 fully saturated rings. The summed E-state index contributed by atoms with van der Waals surface area (Å²) in [6, 6.07) is 0.326. The molecule has 25 heavy (non-hydrogen) atoms. The molecule has 0 saturated carbocycles. The zero-order valence-corrected chi connectivity index (χ0v) is 14.7. The van der Waals surface area contributed by atoms with Crippen molar-refractivity contribution in [2.45, 2.75) is 45.2 Å². The molecule has 4 heterocycles. The van der Waals surface area contributed by atoms with Gasteiger partial charge in [-0.15, -0.1) is 5.10 Å². The number of imidazole rings is 1. The standard InChI is InChI=1S/C17H25N7O/c1-13-18-10-16(19-13)17(25)23-8-4-15(5-9-23)24-12-14(20-21-24)11-22-6-2-3-7-22/h10,12,15H,2-9,11H2,1H3,(H,18,19). The van der Waals surface area contributed by atoms with Gasteiger partial charge in [-0.05, 0) is 45.7 Å². The molecule has 2 aliphatic heterocycles. The number of aromatic nitrogens is 5. The number of carbonyl (C=O) groups excluding carboxylic acids is 1. The van der Waals surface area contributed by atoms with Crippen LogP contribution in [0.25, 0.3) is 0 Å². The van der Waals surface area contributed by atoms with Crippen LogP contribution in [-0.4, -0.2) is 66.8 Å². The Morgan fingerprint density at radius 2 is 2.00 bits per heavy atom. The number of H-pyrrole nitrogens is 1. The van der Waals surface area contributed by atoms with E-state index in [-0.39, 0.29) is 5.91 Å². The number of likely N-dealkylation sites (tertiary alicyclic amines) is 2. The highest BCUT2D eigenvalue weighted by Gasteiger charge is 2.26. The van der Waals surface area contributed by atoms with Crippen LogP contribution in [0.5, 0.6) is 0 Å². The van der Waals surface area contributed by atoms with E-state index in [9.17, 15) is 4.79 Å². The van der Waals surface area contributed by atoms with E-state index in [0.29, 0.717) is 11.7 Å². The summed E-state index contributed by atoms with van der Waals surface area (Å²) in [5.74, 6) is 0.804. The van der Waals surface area contributed by atoms with Gasteiger partial charge < -0.3 is 9.88 Å². The molecule has 4 rings (SSSR count). The SMILES string of the molecule is Cc1ncc(C(=O)N2CCC(n3cc(CN4CCCC4)nn3)CC2)[nH]1. The Morgan fingerprint density at radius 3 is 2.68 bits per heavy atom. The van der Waals surface area contributed by atoms with E-state index in [2.05, 4.69) is 31.4 Å². The van der Waals surface area contributed by atoms with Gasteiger partial charge in [0.25, 0.3) is 5.91 Å². The van der Waals surface area contributed by atoms with Crippen molar-refractivity contribution in [2.24, 2.45) is 0 Å². The second-order valence-electron chi connectivity index (χ2n) is 7.08. The van der Waals surface area contributed by atoms with Crippen LogP contribution in [0.15, 0.2) is 12.4 Å². The molecule has 2 aromatic rings. The molecule has 0 bridgehead atoms. The molecule has 2 aromatic heterocycles. The monoisotopic (exact) mass is 343 g/mol. The van der Waals surface area contributed by atoms with E-state index in [1.54, 1.807) is 6.20 Å². The number of carbonyl (C=O) groups is 1. The number of aryl methyl sites for hydroxylation is 1. The van der Waals surface area contributed by atoms with Gasteiger partial charge in [-0.1, -0.05) is 5.21 Å². The molecule has 0 aromatic carbocycles. The zero-order chi connectivity index (χ0) is 17.2. The largest absolute Gasteiger partial charge is 0.338 e. The Kier molecular flexibility index (Phi) is 4.52. The molecule has 0 aliphatic carbocycles. The van der Waals surface area contributed by atoms with Crippen molar-refractivity contribution < 1.29 is 4.79 Å². The Labute approximate surface area is 147 Å². The van der Waals surface area contributed by atoms with Crippen molar-refractivity contribution in [3.05, 3.63) is 29.6 Å². The lowest BCUT2D eigenvalue weighted by Crippen LogP contribution is -2.39. The second-order valence-corrected chi connectivity index (χ2v) is 7.08. The molecular weight excluding hydrogens is 318 g/mol. The van der Waals surface area contributed by atoms with Gasteiger partial charge in [0, 0.05) is 19.6 Å². The fraction of sp³-hybridized carbons (Fsp3) is 0.647. The van der Waals surface area contributed by atoms with Crippen molar-refractivity contribution in [3.8, 4) is 0 Å². The summed E-state index contributed by atoms with van der Waals surface area (Å²) < 4.78 is 1.99. The lowest BCUT2D eigenvalue weighted by Gasteiger charge is -2.31. The summed E-state index contributed by atoms with van der Waals surface area (Å²) in [5.41, 5.74) is 1.62. The minimum absolute atomic E-state index is 0.0346. The molecule has 1 amide bonds. The maximum absolute atomic E-state index is 12.5. The quantitative estimate of drug-likeness (QED) is 0.907. The van der Waals surface area contributed by atoms with Crippen LogP contribution in [0.1, 0.15) is 53.7 Å². The highest BCUT2D eigenvalue weighted by molar-refractivity contribution is 5.92. The smallest absolute Gasteiger partial charge is 0.271 e. The van der Waals surface area contributed by atoms with Gasteiger partial charge in [0.05, 0.1) is 24.1 Å². The molecule has 134 valence electrons. The van der Waals surface area contributed by atoms with Crippen LogP contribution >= 0.6 is 0 Å². The topological polar surface area (TPSA) is 82.9 Å². The molecular formula is C17H25N7O. The predicted octanol–water partition coefficient (Wildman–Crippen LogP) is 1.38. The Hall–Kier alpha value is -2.22. The third kappa shape index (κ3) is 3.58. The highest BCUT2D eigenvalue weighted by Crippen LogP contribution is 2.23. The van der Waals surface area contributed by atoms with Crippen LogP contribution in [0.3, 0.4) is 0 Å². The molecule has 8 nitrogen and oxygen atoms in total. The minimum atomic E-state index is 0.0346. The van der Waals surface area contributed by atoms with Gasteiger partial charge in [-0.2, -0.15) is 0 Å². The first kappa shape index (κ1) is 16.3. The van der Waals surface area contributed by atoms with Crippen molar-refractivity contribution in [3.63, 3.8) is 0 Å². The summed E-state index contributed by atoms with van der Waals surface area (Å²) in [7, 11) is 0. The van der Waals surface area contributed by atoms with Gasteiger partial charge in [0.15, 0.2) is 0 Å². The average molecular weight is 343 g/mol. The Balaban J connectivity index is 1.32. The molecule has 1 N–H and O–H groups in total. The lowest BCUT2D eigenvalue weighted by atomic mass is 10.0. The van der Waals surface area contributed by atoms with Gasteiger partial charge in [-0.25, -0.2) is 9.67 Å². The number of hydrogen-bond acceptors (Lipinski definition) is 5. The Morgan fingerprint density at radius 1 is 1.24 bits per heavy atom. The van der Waals surface area contributed by atoms with Gasteiger partial charge >= 0.3 is 0 Å². The number of rotatable bonds is 4. The number of nitrogens with zero attached hydrogens (tertiary/aromatic N) is 6. The summed E-state index contributed by atoms with van der Waals surface area (Å²) in [6.45, 7) is 6.57. The minimum Gasteiger partial charge on any atom is -0.338 e. The summed E-state index contributed by atoms with van der Waals surface area (Å²) in [5, 5.41) is 8.67. The third-order valence-corrected chi connectivity index (χ3v) is 5.20. The van der Waals surface area contributed by atoms with Crippen LogP contribution < -0.4 is 0 Å². The number of amides is 1. The maximum Gasteiger partial charge on any atom is 0.271 e. The molecule has 2 aliphatic rings. The first-order chi connectivity index (χ1) is 12.2. The molecule has 0 spiro atoms. The van der Waals surface area contributed by atoms with Crippen LogP contribution in [0.2, 0.25) is 0 Å². The van der Waals surface area contributed by atoms with Crippen LogP contribution in [-0.2, 0) is 6.54 Å². The van der Waals surface area contributed by atoms with Crippen LogP contribution in [0, 0.1) is 6.92 Å². The first-order valence-corrected chi connectivity index (χ1v) is 9.13. The zero-order valence-electron chi connectivity index (χ0n) is 14.7. The summed E-state index contributed by atoms with van der Waals surface area (Å²) in [4.78, 5) is 23.9. The van der Waals surface area contributed by atoms with Crippen molar-refractivity contribution in [1.82, 2.24) is 34.8 Å². The first-order valence-electron chi connectivity index (χ1n) is 9.13. The maximum atomic E-state index is 12.5. The molecule has 0 radical (unpaired) electrons. The fourth-order valence-electron chi connectivity index (χ4n) is 3.77. The van der Waals surface area contributed by atoms with E-state index >= 15 is 0 Å². The van der Waals surface area contributed by atoms with Crippen molar-refractivity contribution in [2.75, 3.05) is 26.2 Å². The van der Waals surface area contributed by atoms with Gasteiger partial charge in [0.2, 0.25) is 0 Å². The molecule has 0 unspecified atom stereocenters. The normalized spacial score (nSPS) is 19.6. The van der Waals surface area contributed by atoms with Crippen LogP contribution in [0.4, 0.5) is 0 Å². The highest BCUT2D eigenvalue weighted by atomic mass is 16.2. The number of nitrogens with one attached hydrogen (secondary N) is 1. The van der Waals surface area contributed by atoms with E-state index in [1.807, 2.05) is 16.5 Å². The summed E-state index contributed by atoms with van der Waals surface area (Å²) in [6.07, 6.45) is 8.09. The third-order valence-electron chi connectivity index (χ3n) is 5.20. The average Bonchev–Trinajstić information content (AvgIpc) is 3.37. The van der Waals surface area contributed by atoms with E-state index in [0.717, 1.165) is 44.0 Å². The lowest BCUT2D eigenvalue weighted by molar-refractivity contribution is 0.0683.